The fraction of sp³-hybridized carbons (Fsp3) is 0.143. The summed E-state index contributed by atoms with van der Waals surface area (Å²) in [5.74, 6) is -1.93. The van der Waals surface area contributed by atoms with E-state index in [1.165, 1.54) is 13.2 Å². The van der Waals surface area contributed by atoms with Gasteiger partial charge in [0.25, 0.3) is 0 Å². The number of rotatable bonds is 4. The third-order valence-electron chi connectivity index (χ3n) is 4.97. The Balaban J connectivity index is 1.75. The fourth-order valence-corrected chi connectivity index (χ4v) is 3.64. The van der Waals surface area contributed by atoms with Crippen molar-refractivity contribution in [1.29, 1.82) is 0 Å². The smallest absolute Gasteiger partial charge is 0.329 e. The molecule has 2 aromatic carbocycles. The van der Waals surface area contributed by atoms with Crippen molar-refractivity contribution < 1.29 is 18.6 Å². The third-order valence-corrected chi connectivity index (χ3v) is 5.27. The summed E-state index contributed by atoms with van der Waals surface area (Å²) < 4.78 is 33.2. The molecule has 1 aliphatic rings. The van der Waals surface area contributed by atoms with Crippen LogP contribution in [0.5, 0.6) is 11.6 Å². The van der Waals surface area contributed by atoms with Crippen molar-refractivity contribution in [2.75, 3.05) is 7.11 Å². The number of fused-ring (bicyclic) bond motifs is 1. The number of ether oxygens (including phenoxy) is 1. The van der Waals surface area contributed by atoms with Crippen LogP contribution in [-0.2, 0) is 0 Å². The van der Waals surface area contributed by atoms with E-state index >= 15 is 0 Å². The molecule has 0 saturated heterocycles. The highest BCUT2D eigenvalue weighted by Gasteiger charge is 2.23. The van der Waals surface area contributed by atoms with Gasteiger partial charge in [0.15, 0.2) is 17.4 Å². The Hall–Kier alpha value is -3.39. The molecule has 0 bridgehead atoms. The molecule has 0 fully saturated rings. The summed E-state index contributed by atoms with van der Waals surface area (Å²) in [7, 11) is 1.49. The lowest BCUT2D eigenvalue weighted by atomic mass is 10.1. The summed E-state index contributed by atoms with van der Waals surface area (Å²) in [4.78, 5) is 19.4. The number of methoxy groups -OCH3 is 1. The number of aliphatic imine (C=N–C) groups is 1. The van der Waals surface area contributed by atoms with Gasteiger partial charge in [0.1, 0.15) is 11.4 Å². The standard InChI is InChI=1S/C21H16ClF2N3O3/c1-10(11-3-6-15(23)16(24)7-11)27-20(28)17(26-21(27)29)8-12-9-25-18-13(12)4-5-14(22)19(18)30-2/h3-10,28H,1-2H3,(H,26,29). The van der Waals surface area contributed by atoms with E-state index < -0.39 is 23.4 Å². The lowest BCUT2D eigenvalue weighted by Crippen LogP contribution is -2.21. The van der Waals surface area contributed by atoms with Crippen LogP contribution in [0, 0.1) is 11.6 Å². The van der Waals surface area contributed by atoms with Gasteiger partial charge in [-0.2, -0.15) is 0 Å². The highest BCUT2D eigenvalue weighted by atomic mass is 35.5. The maximum atomic E-state index is 13.6. The van der Waals surface area contributed by atoms with Gasteiger partial charge >= 0.3 is 5.69 Å². The second kappa shape index (κ2) is 7.46. The van der Waals surface area contributed by atoms with Crippen LogP contribution < -0.4 is 10.4 Å². The second-order valence-corrected chi connectivity index (χ2v) is 7.13. The summed E-state index contributed by atoms with van der Waals surface area (Å²) in [6, 6.07) is 6.02. The normalized spacial score (nSPS) is 14.9. The first-order valence-corrected chi connectivity index (χ1v) is 9.30. The van der Waals surface area contributed by atoms with Gasteiger partial charge in [-0.3, -0.25) is 9.56 Å². The van der Waals surface area contributed by atoms with Crippen LogP contribution in [0.4, 0.5) is 14.5 Å². The average Bonchev–Trinajstić information content (AvgIpc) is 3.24. The van der Waals surface area contributed by atoms with Crippen LogP contribution in [0.25, 0.3) is 11.6 Å². The minimum atomic E-state index is -1.03. The van der Waals surface area contributed by atoms with Crippen molar-refractivity contribution in [3.05, 3.63) is 74.3 Å². The Morgan fingerprint density at radius 3 is 2.73 bits per heavy atom. The number of halogens is 3. The van der Waals surface area contributed by atoms with Crippen molar-refractivity contribution in [2.24, 2.45) is 4.99 Å². The van der Waals surface area contributed by atoms with Crippen LogP contribution in [0.2, 0.25) is 5.02 Å². The Labute approximate surface area is 174 Å². The van der Waals surface area contributed by atoms with Gasteiger partial charge in [0.05, 0.1) is 18.2 Å². The zero-order chi connectivity index (χ0) is 21.6. The third kappa shape index (κ3) is 3.19. The average molecular weight is 432 g/mol. The number of imidazole rings is 1. The van der Waals surface area contributed by atoms with E-state index in [-0.39, 0.29) is 11.6 Å². The molecule has 1 aliphatic heterocycles. The molecule has 0 aliphatic carbocycles. The molecule has 0 amide bonds. The Morgan fingerprint density at radius 2 is 2.03 bits per heavy atom. The van der Waals surface area contributed by atoms with Gasteiger partial charge in [0, 0.05) is 17.4 Å². The molecule has 0 saturated carbocycles. The largest absolute Gasteiger partial charge is 0.493 e. The highest BCUT2D eigenvalue weighted by molar-refractivity contribution is 6.33. The first-order chi connectivity index (χ1) is 14.3. The van der Waals surface area contributed by atoms with Gasteiger partial charge in [-0.25, -0.2) is 13.6 Å². The number of aromatic hydroxyl groups is 1. The van der Waals surface area contributed by atoms with Gasteiger partial charge in [-0.05, 0) is 36.8 Å². The van der Waals surface area contributed by atoms with Crippen molar-refractivity contribution in [2.45, 2.75) is 13.0 Å². The van der Waals surface area contributed by atoms with Crippen molar-refractivity contribution in [3.63, 3.8) is 0 Å². The number of aromatic amines is 1. The van der Waals surface area contributed by atoms with Crippen molar-refractivity contribution in [3.8, 4) is 11.6 Å². The Morgan fingerprint density at radius 1 is 1.27 bits per heavy atom. The van der Waals surface area contributed by atoms with Crippen LogP contribution in [-0.4, -0.2) is 28.0 Å². The van der Waals surface area contributed by atoms with Crippen LogP contribution in [0.1, 0.15) is 29.8 Å². The number of hydrogen-bond donors (Lipinski definition) is 2. The van der Waals surface area contributed by atoms with E-state index in [0.717, 1.165) is 22.3 Å². The molecule has 2 heterocycles. The van der Waals surface area contributed by atoms with Gasteiger partial charge < -0.3 is 14.8 Å². The highest BCUT2D eigenvalue weighted by Crippen LogP contribution is 2.44. The quantitative estimate of drug-likeness (QED) is 0.629. The molecule has 2 N–H and O–H groups in total. The lowest BCUT2D eigenvalue weighted by Gasteiger charge is -2.14. The minimum Gasteiger partial charge on any atom is -0.493 e. The number of hydrogen-bond acceptors (Lipinski definition) is 4. The van der Waals surface area contributed by atoms with Gasteiger partial charge in [-0.15, -0.1) is 0 Å². The predicted octanol–water partition coefficient (Wildman–Crippen LogP) is 4.69. The molecule has 1 atom stereocenters. The van der Waals surface area contributed by atoms with E-state index in [4.69, 9.17) is 16.3 Å². The van der Waals surface area contributed by atoms with Crippen LogP contribution >= 0.6 is 11.6 Å². The molecule has 6 nitrogen and oxygen atoms in total. The van der Waals surface area contributed by atoms with E-state index in [0.29, 0.717) is 27.6 Å². The second-order valence-electron chi connectivity index (χ2n) is 6.72. The van der Waals surface area contributed by atoms with Crippen molar-refractivity contribution >= 4 is 35.2 Å². The zero-order valence-corrected chi connectivity index (χ0v) is 16.7. The molecule has 3 aromatic rings. The number of nitrogens with one attached hydrogen (secondary N) is 1. The predicted molar refractivity (Wildman–Crippen MR) is 111 cm³/mol. The molecule has 0 radical (unpaired) electrons. The number of allylic oxidation sites excluding steroid dienone is 1. The maximum absolute atomic E-state index is 13.6. The van der Waals surface area contributed by atoms with E-state index in [1.807, 2.05) is 0 Å². The van der Waals surface area contributed by atoms with E-state index in [9.17, 15) is 18.7 Å². The summed E-state index contributed by atoms with van der Waals surface area (Å²) in [5, 5.41) is 11.1. The van der Waals surface area contributed by atoms with Crippen molar-refractivity contribution in [1.82, 2.24) is 9.55 Å². The molecule has 4 rings (SSSR count). The summed E-state index contributed by atoms with van der Waals surface area (Å²) in [6.07, 6.45) is 3.13. The van der Waals surface area contributed by atoms with E-state index in [1.54, 1.807) is 31.3 Å². The number of benzene rings is 2. The monoisotopic (exact) mass is 431 g/mol. The lowest BCUT2D eigenvalue weighted by molar-refractivity contribution is 0.401. The van der Waals surface area contributed by atoms with Gasteiger partial charge in [-0.1, -0.05) is 23.7 Å². The summed E-state index contributed by atoms with van der Waals surface area (Å²) in [6.45, 7) is 1.59. The maximum Gasteiger partial charge on any atom is 0.329 e. The van der Waals surface area contributed by atoms with Gasteiger partial charge in [0.2, 0.25) is 5.88 Å². The molecule has 1 unspecified atom stereocenters. The minimum absolute atomic E-state index is 0.151. The molecule has 1 aromatic heterocycles. The fourth-order valence-electron chi connectivity index (χ4n) is 3.41. The first kappa shape index (κ1) is 19.9. The first-order valence-electron chi connectivity index (χ1n) is 8.93. The topological polar surface area (TPSA) is 79.6 Å². The molecule has 30 heavy (non-hydrogen) atoms. The molecular weight excluding hydrogens is 416 g/mol. The Bertz CT molecular complexity index is 1280. The summed E-state index contributed by atoms with van der Waals surface area (Å²) >= 11 is 6.12. The number of nitrogens with zero attached hydrogens (tertiary/aromatic N) is 2. The number of H-pyrrole nitrogens is 1. The molecule has 154 valence electrons. The van der Waals surface area contributed by atoms with Crippen LogP contribution in [0.15, 0.2) is 40.1 Å². The summed E-state index contributed by atoms with van der Waals surface area (Å²) in [5.41, 5.74) is 1.78. The molecular formula is C21H16ClF2N3O3. The SMILES string of the molecule is COc1c(Cl)ccc2c1N=CC2=Cc1[nH]c(=O)n(C(C)c2ccc(F)c(F)c2)c1O. The molecule has 9 heteroatoms. The van der Waals surface area contributed by atoms with E-state index in [2.05, 4.69) is 9.98 Å². The molecule has 0 spiro atoms. The Kier molecular flexibility index (Phi) is 4.95. The zero-order valence-electron chi connectivity index (χ0n) is 15.9. The van der Waals surface area contributed by atoms with Crippen LogP contribution in [0.3, 0.4) is 0 Å². The number of aromatic nitrogens is 2.